The molecule has 1 aromatic rings. The molecule has 0 aliphatic rings. The lowest BCUT2D eigenvalue weighted by atomic mass is 10.1. The Morgan fingerprint density at radius 1 is 1.27 bits per heavy atom. The van der Waals surface area contributed by atoms with E-state index >= 15 is 0 Å². The normalized spacial score (nSPS) is 13.3. The Kier molecular flexibility index (Phi) is 4.81. The molecule has 1 unspecified atom stereocenters. The van der Waals surface area contributed by atoms with Gasteiger partial charge < -0.3 is 0 Å². The van der Waals surface area contributed by atoms with E-state index in [0.717, 1.165) is 16.6 Å². The second-order valence-corrected chi connectivity index (χ2v) is 5.65. The Labute approximate surface area is 109 Å². The highest BCUT2D eigenvalue weighted by atomic mass is 79.9. The number of alkyl halides is 1. The third-order valence-electron chi connectivity index (χ3n) is 1.85. The molecule has 1 rings (SSSR count). The predicted octanol–water partition coefficient (Wildman–Crippen LogP) is 4.39. The fraction of sp³-hybridized carbons (Fsp3) is 0.600. The second-order valence-electron chi connectivity index (χ2n) is 3.85. The van der Waals surface area contributed by atoms with Crippen molar-refractivity contribution in [1.82, 2.24) is 9.97 Å². The van der Waals surface area contributed by atoms with Gasteiger partial charge in [0.1, 0.15) is 11.0 Å². The van der Waals surface area contributed by atoms with Gasteiger partial charge in [0.05, 0.1) is 15.5 Å². The molecule has 5 heteroatoms. The molecule has 0 aliphatic heterocycles. The Hall–Kier alpha value is 0.140. The molecule has 0 amide bonds. The summed E-state index contributed by atoms with van der Waals surface area (Å²) in [5.74, 6) is 1.10. The summed E-state index contributed by atoms with van der Waals surface area (Å²) in [7, 11) is 0. The number of hydrogen-bond acceptors (Lipinski definition) is 2. The van der Waals surface area contributed by atoms with Crippen molar-refractivity contribution in [1.29, 1.82) is 0 Å². The lowest BCUT2D eigenvalue weighted by Gasteiger charge is -2.10. The summed E-state index contributed by atoms with van der Waals surface area (Å²) in [4.78, 5) is 8.51. The first-order chi connectivity index (χ1) is 6.91. The van der Waals surface area contributed by atoms with E-state index in [1.165, 1.54) is 0 Å². The van der Waals surface area contributed by atoms with Gasteiger partial charge in [-0.3, -0.25) is 0 Å². The Morgan fingerprint density at radius 2 is 1.87 bits per heavy atom. The monoisotopic (exact) mass is 310 g/mol. The summed E-state index contributed by atoms with van der Waals surface area (Å²) in [6.45, 7) is 6.10. The highest BCUT2D eigenvalue weighted by molar-refractivity contribution is 9.10. The Balaban J connectivity index is 3.13. The summed E-state index contributed by atoms with van der Waals surface area (Å²) in [5, 5.41) is 0.213. The molecule has 15 heavy (non-hydrogen) atoms. The molecule has 1 atom stereocenters. The molecular formula is C10H13BrCl2N2. The number of nitrogens with zero attached hydrogens (tertiary/aromatic N) is 2. The van der Waals surface area contributed by atoms with Gasteiger partial charge in [0, 0.05) is 0 Å². The lowest BCUT2D eigenvalue weighted by Crippen LogP contribution is -2.05. The van der Waals surface area contributed by atoms with Crippen LogP contribution in [0.2, 0.25) is 5.15 Å². The summed E-state index contributed by atoms with van der Waals surface area (Å²) in [6, 6.07) is 0. The molecule has 0 radical (unpaired) electrons. The smallest absolute Gasteiger partial charge is 0.147 e. The molecule has 0 saturated heterocycles. The van der Waals surface area contributed by atoms with Gasteiger partial charge in [-0.1, -0.05) is 25.4 Å². The molecule has 2 nitrogen and oxygen atoms in total. The van der Waals surface area contributed by atoms with E-state index in [4.69, 9.17) is 23.2 Å². The maximum Gasteiger partial charge on any atom is 0.147 e. The molecule has 0 N–H and O–H groups in total. The molecule has 0 aromatic carbocycles. The van der Waals surface area contributed by atoms with Gasteiger partial charge in [0.2, 0.25) is 0 Å². The van der Waals surface area contributed by atoms with Crippen molar-refractivity contribution in [2.45, 2.75) is 32.6 Å². The minimum absolute atomic E-state index is 0.221. The van der Waals surface area contributed by atoms with E-state index in [1.54, 1.807) is 0 Å². The second kappa shape index (κ2) is 5.46. The van der Waals surface area contributed by atoms with Crippen LogP contribution in [0, 0.1) is 5.92 Å². The average Bonchev–Trinajstić information content (AvgIpc) is 2.11. The predicted molar refractivity (Wildman–Crippen MR) is 67.6 cm³/mol. The van der Waals surface area contributed by atoms with Crippen LogP contribution in [0.1, 0.15) is 37.7 Å². The summed E-state index contributed by atoms with van der Waals surface area (Å²) in [6.07, 6.45) is 0.861. The fourth-order valence-electron chi connectivity index (χ4n) is 1.18. The van der Waals surface area contributed by atoms with E-state index in [1.807, 2.05) is 6.92 Å². The molecule has 0 bridgehead atoms. The van der Waals surface area contributed by atoms with Gasteiger partial charge in [-0.15, -0.1) is 11.6 Å². The molecule has 0 spiro atoms. The van der Waals surface area contributed by atoms with Gasteiger partial charge in [0.15, 0.2) is 0 Å². The average molecular weight is 312 g/mol. The minimum atomic E-state index is -0.221. The quantitative estimate of drug-likeness (QED) is 0.611. The van der Waals surface area contributed by atoms with Crippen LogP contribution in [0.25, 0.3) is 0 Å². The maximum absolute atomic E-state index is 5.99. The van der Waals surface area contributed by atoms with Crippen molar-refractivity contribution in [2.24, 2.45) is 5.92 Å². The highest BCUT2D eigenvalue weighted by Crippen LogP contribution is 2.28. The Bertz CT molecular complexity index is 354. The lowest BCUT2D eigenvalue weighted by molar-refractivity contribution is 0.627. The number of rotatable bonds is 3. The van der Waals surface area contributed by atoms with Crippen molar-refractivity contribution in [2.75, 3.05) is 0 Å². The van der Waals surface area contributed by atoms with Gasteiger partial charge in [0.25, 0.3) is 0 Å². The van der Waals surface area contributed by atoms with Crippen LogP contribution in [0.4, 0.5) is 0 Å². The first-order valence-corrected chi connectivity index (χ1v) is 6.38. The standard InChI is InChI=1S/C10H13BrCl2N2/c1-5(2)4-7-8(11)9(13)15-10(14-7)6(3)12/h5-6H,4H2,1-3H3. The molecular weight excluding hydrogens is 299 g/mol. The van der Waals surface area contributed by atoms with Crippen LogP contribution < -0.4 is 0 Å². The molecule has 0 saturated carbocycles. The van der Waals surface area contributed by atoms with E-state index < -0.39 is 0 Å². The van der Waals surface area contributed by atoms with Gasteiger partial charge in [-0.25, -0.2) is 9.97 Å². The maximum atomic E-state index is 5.99. The molecule has 0 aliphatic carbocycles. The zero-order chi connectivity index (χ0) is 11.6. The molecule has 84 valence electrons. The van der Waals surface area contributed by atoms with Gasteiger partial charge >= 0.3 is 0 Å². The summed E-state index contributed by atoms with van der Waals surface area (Å²) in [5.41, 5.74) is 0.924. The van der Waals surface area contributed by atoms with Crippen LogP contribution in [0.3, 0.4) is 0 Å². The SMILES string of the molecule is CC(C)Cc1nc(C(C)Cl)nc(Cl)c1Br. The van der Waals surface area contributed by atoms with Crippen molar-refractivity contribution >= 4 is 39.1 Å². The fourth-order valence-corrected chi connectivity index (χ4v) is 1.81. The summed E-state index contributed by atoms with van der Waals surface area (Å²) < 4.78 is 0.777. The van der Waals surface area contributed by atoms with Crippen molar-refractivity contribution in [3.63, 3.8) is 0 Å². The minimum Gasteiger partial charge on any atom is -0.235 e. The number of aromatic nitrogens is 2. The third-order valence-corrected chi connectivity index (χ3v) is 3.38. The molecule has 1 heterocycles. The van der Waals surface area contributed by atoms with E-state index in [2.05, 4.69) is 39.7 Å². The zero-order valence-corrected chi connectivity index (χ0v) is 12.0. The van der Waals surface area contributed by atoms with Crippen molar-refractivity contribution in [3.8, 4) is 0 Å². The first-order valence-electron chi connectivity index (χ1n) is 4.77. The van der Waals surface area contributed by atoms with E-state index in [0.29, 0.717) is 16.9 Å². The first kappa shape index (κ1) is 13.2. The summed E-state index contributed by atoms with van der Waals surface area (Å²) >= 11 is 15.3. The number of hydrogen-bond donors (Lipinski definition) is 0. The van der Waals surface area contributed by atoms with Gasteiger partial charge in [-0.05, 0) is 35.2 Å². The van der Waals surface area contributed by atoms with Crippen LogP contribution in [0.15, 0.2) is 4.47 Å². The molecule has 0 fully saturated rings. The number of halogens is 3. The van der Waals surface area contributed by atoms with Crippen molar-refractivity contribution in [3.05, 3.63) is 21.1 Å². The van der Waals surface area contributed by atoms with Crippen molar-refractivity contribution < 1.29 is 0 Å². The van der Waals surface area contributed by atoms with Gasteiger partial charge in [-0.2, -0.15) is 0 Å². The third kappa shape index (κ3) is 3.58. The largest absolute Gasteiger partial charge is 0.235 e. The van der Waals surface area contributed by atoms with Crippen LogP contribution in [-0.4, -0.2) is 9.97 Å². The van der Waals surface area contributed by atoms with Crippen LogP contribution >= 0.6 is 39.1 Å². The Morgan fingerprint density at radius 3 is 2.33 bits per heavy atom. The van der Waals surface area contributed by atoms with Crippen LogP contribution in [0.5, 0.6) is 0 Å². The van der Waals surface area contributed by atoms with E-state index in [9.17, 15) is 0 Å². The highest BCUT2D eigenvalue weighted by Gasteiger charge is 2.14. The van der Waals surface area contributed by atoms with Crippen LogP contribution in [-0.2, 0) is 6.42 Å². The topological polar surface area (TPSA) is 25.8 Å². The zero-order valence-electron chi connectivity index (χ0n) is 8.89. The van der Waals surface area contributed by atoms with E-state index in [-0.39, 0.29) is 5.38 Å². The molecule has 1 aromatic heterocycles.